The van der Waals surface area contributed by atoms with Gasteiger partial charge in [0.1, 0.15) is 5.76 Å². The molecular weight excluding hydrogens is 344 g/mol. The minimum Gasteiger partial charge on any atom is -0.451 e. The molecule has 0 saturated carbocycles. The first-order valence-corrected chi connectivity index (χ1v) is 8.74. The van der Waals surface area contributed by atoms with E-state index < -0.39 is 4.92 Å². The molecule has 138 valence electrons. The standard InChI is InChI=1S/C21H20N2O4/c1-3-14(2)15-7-9-17(10-8-15)22-21(24)20-12-11-19(27-20)16-5-4-6-18(13-16)23(25)26/h4-14H,3H2,1-2H3,(H,22,24). The molecule has 1 atom stereocenters. The van der Waals surface area contributed by atoms with Crippen LogP contribution in [0.15, 0.2) is 65.1 Å². The van der Waals surface area contributed by atoms with Gasteiger partial charge in [0.15, 0.2) is 5.76 Å². The first-order chi connectivity index (χ1) is 13.0. The van der Waals surface area contributed by atoms with Crippen LogP contribution in [0.4, 0.5) is 11.4 Å². The molecule has 2 aromatic carbocycles. The zero-order valence-electron chi connectivity index (χ0n) is 15.1. The molecule has 0 radical (unpaired) electrons. The molecule has 6 heteroatoms. The van der Waals surface area contributed by atoms with Crippen molar-refractivity contribution in [2.24, 2.45) is 0 Å². The zero-order chi connectivity index (χ0) is 19.4. The number of rotatable bonds is 6. The Morgan fingerprint density at radius 1 is 1.15 bits per heavy atom. The second kappa shape index (κ2) is 7.86. The quantitative estimate of drug-likeness (QED) is 0.454. The van der Waals surface area contributed by atoms with E-state index in [0.717, 1.165) is 6.42 Å². The van der Waals surface area contributed by atoms with Gasteiger partial charge < -0.3 is 9.73 Å². The van der Waals surface area contributed by atoms with Gasteiger partial charge in [-0.25, -0.2) is 0 Å². The van der Waals surface area contributed by atoms with Crippen molar-refractivity contribution >= 4 is 17.3 Å². The Morgan fingerprint density at radius 3 is 2.56 bits per heavy atom. The molecule has 0 aliphatic rings. The van der Waals surface area contributed by atoms with Crippen molar-refractivity contribution < 1.29 is 14.1 Å². The number of hydrogen-bond acceptors (Lipinski definition) is 4. The number of nitro benzene ring substituents is 1. The van der Waals surface area contributed by atoms with Gasteiger partial charge in [-0.05, 0) is 42.2 Å². The van der Waals surface area contributed by atoms with E-state index in [4.69, 9.17) is 4.42 Å². The molecule has 3 rings (SSSR count). The molecule has 3 aromatic rings. The molecule has 1 unspecified atom stereocenters. The van der Waals surface area contributed by atoms with Crippen molar-refractivity contribution in [3.05, 3.63) is 82.1 Å². The van der Waals surface area contributed by atoms with Gasteiger partial charge in [0.25, 0.3) is 11.6 Å². The summed E-state index contributed by atoms with van der Waals surface area (Å²) >= 11 is 0. The average molecular weight is 364 g/mol. The highest BCUT2D eigenvalue weighted by Crippen LogP contribution is 2.26. The zero-order valence-corrected chi connectivity index (χ0v) is 15.1. The fourth-order valence-corrected chi connectivity index (χ4v) is 2.71. The number of carbonyl (C=O) groups is 1. The molecule has 27 heavy (non-hydrogen) atoms. The number of amides is 1. The van der Waals surface area contributed by atoms with Crippen molar-refractivity contribution in [1.29, 1.82) is 0 Å². The normalized spacial score (nSPS) is 11.8. The minimum atomic E-state index is -0.469. The number of hydrogen-bond donors (Lipinski definition) is 1. The summed E-state index contributed by atoms with van der Waals surface area (Å²) in [5.41, 5.74) is 2.42. The monoisotopic (exact) mass is 364 g/mol. The molecular formula is C21H20N2O4. The number of nitrogens with zero attached hydrogens (tertiary/aromatic N) is 1. The third-order valence-electron chi connectivity index (χ3n) is 4.52. The van der Waals surface area contributed by atoms with Crippen LogP contribution < -0.4 is 5.32 Å². The van der Waals surface area contributed by atoms with E-state index >= 15 is 0 Å². The average Bonchev–Trinajstić information content (AvgIpc) is 3.18. The fraction of sp³-hybridized carbons (Fsp3) is 0.190. The maximum absolute atomic E-state index is 12.4. The van der Waals surface area contributed by atoms with E-state index in [-0.39, 0.29) is 17.4 Å². The van der Waals surface area contributed by atoms with Crippen molar-refractivity contribution in [3.8, 4) is 11.3 Å². The SMILES string of the molecule is CCC(C)c1ccc(NC(=O)c2ccc(-c3cccc([N+](=O)[O-])c3)o2)cc1. The number of carbonyl (C=O) groups excluding carboxylic acids is 1. The van der Waals surface area contributed by atoms with Crippen LogP contribution in [0.3, 0.4) is 0 Å². The number of anilines is 1. The lowest BCUT2D eigenvalue weighted by Gasteiger charge is -2.10. The van der Waals surface area contributed by atoms with Crippen molar-refractivity contribution in [1.82, 2.24) is 0 Å². The second-order valence-corrected chi connectivity index (χ2v) is 6.36. The molecule has 0 saturated heterocycles. The second-order valence-electron chi connectivity index (χ2n) is 6.36. The van der Waals surface area contributed by atoms with Gasteiger partial charge in [0.2, 0.25) is 0 Å². The van der Waals surface area contributed by atoms with Gasteiger partial charge in [0.05, 0.1) is 4.92 Å². The summed E-state index contributed by atoms with van der Waals surface area (Å²) in [6.07, 6.45) is 1.05. The first-order valence-electron chi connectivity index (χ1n) is 8.74. The summed E-state index contributed by atoms with van der Waals surface area (Å²) in [4.78, 5) is 22.8. The highest BCUT2D eigenvalue weighted by molar-refractivity contribution is 6.02. The number of non-ortho nitro benzene ring substituents is 1. The first kappa shape index (κ1) is 18.4. The van der Waals surface area contributed by atoms with E-state index in [2.05, 4.69) is 19.2 Å². The molecule has 0 spiro atoms. The van der Waals surface area contributed by atoms with Crippen molar-refractivity contribution in [2.75, 3.05) is 5.32 Å². The fourth-order valence-electron chi connectivity index (χ4n) is 2.71. The molecule has 0 aliphatic heterocycles. The number of furan rings is 1. The number of nitro groups is 1. The lowest BCUT2D eigenvalue weighted by Crippen LogP contribution is -2.10. The molecule has 6 nitrogen and oxygen atoms in total. The van der Waals surface area contributed by atoms with Gasteiger partial charge in [-0.3, -0.25) is 14.9 Å². The summed E-state index contributed by atoms with van der Waals surface area (Å²) in [7, 11) is 0. The van der Waals surface area contributed by atoms with Gasteiger partial charge >= 0.3 is 0 Å². The van der Waals surface area contributed by atoms with E-state index in [1.54, 1.807) is 24.3 Å². The van der Waals surface area contributed by atoms with Crippen LogP contribution in [0.25, 0.3) is 11.3 Å². The number of benzene rings is 2. The predicted octanol–water partition coefficient (Wildman–Crippen LogP) is 5.62. The van der Waals surface area contributed by atoms with Gasteiger partial charge in [-0.1, -0.05) is 38.1 Å². The lowest BCUT2D eigenvalue weighted by atomic mass is 9.99. The smallest absolute Gasteiger partial charge is 0.291 e. The van der Waals surface area contributed by atoms with Gasteiger partial charge in [-0.15, -0.1) is 0 Å². The molecule has 1 N–H and O–H groups in total. The summed E-state index contributed by atoms with van der Waals surface area (Å²) in [6, 6.07) is 17.0. The van der Waals surface area contributed by atoms with Crippen LogP contribution in [0, 0.1) is 10.1 Å². The Bertz CT molecular complexity index is 960. The summed E-state index contributed by atoms with van der Waals surface area (Å²) in [5, 5.41) is 13.7. The van der Waals surface area contributed by atoms with E-state index in [1.807, 2.05) is 24.3 Å². The van der Waals surface area contributed by atoms with Crippen LogP contribution in [-0.2, 0) is 0 Å². The largest absolute Gasteiger partial charge is 0.451 e. The Labute approximate surface area is 157 Å². The van der Waals surface area contributed by atoms with Crippen molar-refractivity contribution in [3.63, 3.8) is 0 Å². The third kappa shape index (κ3) is 4.23. The number of nitrogens with one attached hydrogen (secondary N) is 1. The summed E-state index contributed by atoms with van der Waals surface area (Å²) in [5.74, 6) is 0.638. The predicted molar refractivity (Wildman–Crippen MR) is 104 cm³/mol. The summed E-state index contributed by atoms with van der Waals surface area (Å²) in [6.45, 7) is 4.29. The van der Waals surface area contributed by atoms with Crippen LogP contribution in [0.5, 0.6) is 0 Å². The van der Waals surface area contributed by atoms with Crippen LogP contribution in [0.2, 0.25) is 0 Å². The van der Waals surface area contributed by atoms with E-state index in [0.29, 0.717) is 22.9 Å². The molecule has 1 aromatic heterocycles. The highest BCUT2D eigenvalue weighted by atomic mass is 16.6. The van der Waals surface area contributed by atoms with Gasteiger partial charge in [0, 0.05) is 23.4 Å². The maximum atomic E-state index is 12.4. The van der Waals surface area contributed by atoms with Gasteiger partial charge in [-0.2, -0.15) is 0 Å². The van der Waals surface area contributed by atoms with Crippen molar-refractivity contribution in [2.45, 2.75) is 26.2 Å². The van der Waals surface area contributed by atoms with Crippen LogP contribution in [-0.4, -0.2) is 10.8 Å². The Morgan fingerprint density at radius 2 is 1.89 bits per heavy atom. The topological polar surface area (TPSA) is 85.4 Å². The summed E-state index contributed by atoms with van der Waals surface area (Å²) < 4.78 is 5.58. The molecule has 0 bridgehead atoms. The Hall–Kier alpha value is -3.41. The molecule has 0 fully saturated rings. The molecule has 1 amide bonds. The maximum Gasteiger partial charge on any atom is 0.291 e. The Balaban J connectivity index is 1.73. The van der Waals surface area contributed by atoms with E-state index in [9.17, 15) is 14.9 Å². The lowest BCUT2D eigenvalue weighted by molar-refractivity contribution is -0.384. The molecule has 1 heterocycles. The third-order valence-corrected chi connectivity index (χ3v) is 4.52. The minimum absolute atomic E-state index is 0.0312. The van der Waals surface area contributed by atoms with E-state index in [1.165, 1.54) is 17.7 Å². The highest BCUT2D eigenvalue weighted by Gasteiger charge is 2.14. The van der Waals surface area contributed by atoms with Crippen LogP contribution >= 0.6 is 0 Å². The van der Waals surface area contributed by atoms with Crippen LogP contribution in [0.1, 0.15) is 42.3 Å². The molecule has 0 aliphatic carbocycles. The Kier molecular flexibility index (Phi) is 5.35.